The molecule has 0 atom stereocenters. The van der Waals surface area contributed by atoms with E-state index in [9.17, 15) is 9.18 Å². The predicted molar refractivity (Wildman–Crippen MR) is 85.6 cm³/mol. The van der Waals surface area contributed by atoms with Gasteiger partial charge in [-0.3, -0.25) is 4.79 Å². The summed E-state index contributed by atoms with van der Waals surface area (Å²) >= 11 is 3.36. The Morgan fingerprint density at radius 2 is 2.10 bits per heavy atom. The van der Waals surface area contributed by atoms with E-state index in [0.29, 0.717) is 19.0 Å². The maximum atomic E-state index is 13.2. The van der Waals surface area contributed by atoms with Crippen LogP contribution in [0.2, 0.25) is 0 Å². The fourth-order valence-electron chi connectivity index (χ4n) is 1.49. The highest BCUT2D eigenvalue weighted by atomic mass is 79.9. The van der Waals surface area contributed by atoms with E-state index in [-0.39, 0.29) is 18.3 Å². The van der Waals surface area contributed by atoms with Crippen LogP contribution in [0.15, 0.2) is 27.7 Å². The van der Waals surface area contributed by atoms with Gasteiger partial charge in [0.25, 0.3) is 0 Å². The number of halogens is 2. The third-order valence-electron chi connectivity index (χ3n) is 2.67. The third kappa shape index (κ3) is 6.12. The van der Waals surface area contributed by atoms with Gasteiger partial charge in [0.1, 0.15) is 5.82 Å². The van der Waals surface area contributed by atoms with Crippen LogP contribution in [0.5, 0.6) is 0 Å². The van der Waals surface area contributed by atoms with Gasteiger partial charge in [0.05, 0.1) is 13.1 Å². The van der Waals surface area contributed by atoms with Crippen molar-refractivity contribution in [2.45, 2.75) is 13.5 Å². The van der Waals surface area contributed by atoms with Gasteiger partial charge in [0.15, 0.2) is 5.96 Å². The van der Waals surface area contributed by atoms with Crippen LogP contribution in [0, 0.1) is 5.82 Å². The number of amides is 1. The van der Waals surface area contributed by atoms with Gasteiger partial charge in [-0.1, -0.05) is 15.9 Å². The molecule has 1 amide bonds. The van der Waals surface area contributed by atoms with Crippen molar-refractivity contribution < 1.29 is 9.18 Å². The third-order valence-corrected chi connectivity index (χ3v) is 3.44. The summed E-state index contributed by atoms with van der Waals surface area (Å²) in [5, 5.41) is 5.99. The van der Waals surface area contributed by atoms with Crippen LogP contribution in [0.4, 0.5) is 4.39 Å². The van der Waals surface area contributed by atoms with Gasteiger partial charge in [-0.05, 0) is 30.7 Å². The first-order valence-electron chi connectivity index (χ1n) is 6.60. The highest BCUT2D eigenvalue weighted by molar-refractivity contribution is 9.10. The Morgan fingerprint density at radius 3 is 2.71 bits per heavy atom. The second-order valence-corrected chi connectivity index (χ2v) is 5.43. The largest absolute Gasteiger partial charge is 0.357 e. The SMILES string of the molecule is CCNC(=NCc1cc(F)ccc1Br)NCC(=O)N(C)C. The molecule has 0 saturated heterocycles. The van der Waals surface area contributed by atoms with Crippen molar-refractivity contribution in [3.05, 3.63) is 34.1 Å². The van der Waals surface area contributed by atoms with Gasteiger partial charge < -0.3 is 15.5 Å². The van der Waals surface area contributed by atoms with Crippen molar-refractivity contribution in [2.75, 3.05) is 27.2 Å². The number of aliphatic imine (C=N–C) groups is 1. The average Bonchev–Trinajstić information content (AvgIpc) is 2.44. The van der Waals surface area contributed by atoms with Gasteiger partial charge in [0.2, 0.25) is 5.91 Å². The molecule has 21 heavy (non-hydrogen) atoms. The standard InChI is InChI=1S/C14H20BrFN4O/c1-4-17-14(19-9-13(21)20(2)3)18-8-10-7-11(16)5-6-12(10)15/h5-7H,4,8-9H2,1-3H3,(H2,17,18,19). The van der Waals surface area contributed by atoms with Crippen molar-refractivity contribution in [1.82, 2.24) is 15.5 Å². The maximum absolute atomic E-state index is 13.2. The molecule has 0 aromatic heterocycles. The van der Waals surface area contributed by atoms with Crippen LogP contribution < -0.4 is 10.6 Å². The summed E-state index contributed by atoms with van der Waals surface area (Å²) in [5.74, 6) is 0.167. The molecule has 1 aromatic carbocycles. The summed E-state index contributed by atoms with van der Waals surface area (Å²) in [7, 11) is 3.38. The van der Waals surface area contributed by atoms with Gasteiger partial charge in [-0.25, -0.2) is 9.38 Å². The van der Waals surface area contributed by atoms with Crippen LogP contribution in [0.1, 0.15) is 12.5 Å². The number of likely N-dealkylation sites (N-methyl/N-ethyl adjacent to an activating group) is 1. The van der Waals surface area contributed by atoms with Gasteiger partial charge in [0, 0.05) is 25.1 Å². The second-order valence-electron chi connectivity index (χ2n) is 4.57. The lowest BCUT2D eigenvalue weighted by Gasteiger charge is -2.14. The molecule has 0 aliphatic heterocycles. The lowest BCUT2D eigenvalue weighted by molar-refractivity contribution is -0.127. The Labute approximate surface area is 132 Å². The molecule has 0 radical (unpaired) electrons. The normalized spacial score (nSPS) is 11.2. The highest BCUT2D eigenvalue weighted by Crippen LogP contribution is 2.18. The first kappa shape index (κ1) is 17.4. The van der Waals surface area contributed by atoms with Crippen LogP contribution in [-0.2, 0) is 11.3 Å². The van der Waals surface area contributed by atoms with E-state index in [4.69, 9.17) is 0 Å². The number of nitrogens with zero attached hydrogens (tertiary/aromatic N) is 2. The molecule has 116 valence electrons. The zero-order chi connectivity index (χ0) is 15.8. The van der Waals surface area contributed by atoms with Gasteiger partial charge in [-0.2, -0.15) is 0 Å². The molecular formula is C14H20BrFN4O. The number of guanidine groups is 1. The Hall–Kier alpha value is -1.63. The Kier molecular flexibility index (Phi) is 7.14. The monoisotopic (exact) mass is 358 g/mol. The van der Waals surface area contributed by atoms with Crippen molar-refractivity contribution in [1.29, 1.82) is 0 Å². The number of carbonyl (C=O) groups is 1. The predicted octanol–water partition coefficient (Wildman–Crippen LogP) is 1.73. The van der Waals surface area contributed by atoms with Crippen molar-refractivity contribution in [2.24, 2.45) is 4.99 Å². The van der Waals surface area contributed by atoms with Crippen molar-refractivity contribution in [3.8, 4) is 0 Å². The molecule has 5 nitrogen and oxygen atoms in total. The summed E-state index contributed by atoms with van der Waals surface area (Å²) in [6, 6.07) is 4.47. The minimum Gasteiger partial charge on any atom is -0.357 e. The van der Waals surface area contributed by atoms with E-state index in [1.807, 2.05) is 6.92 Å². The van der Waals surface area contributed by atoms with E-state index >= 15 is 0 Å². The van der Waals surface area contributed by atoms with Gasteiger partial charge in [-0.15, -0.1) is 0 Å². The molecular weight excluding hydrogens is 339 g/mol. The highest BCUT2D eigenvalue weighted by Gasteiger charge is 2.06. The molecule has 0 bridgehead atoms. The molecule has 0 fully saturated rings. The van der Waals surface area contributed by atoms with Crippen LogP contribution in [-0.4, -0.2) is 44.0 Å². The Morgan fingerprint density at radius 1 is 1.38 bits per heavy atom. The first-order chi connectivity index (χ1) is 9.93. The number of nitrogens with one attached hydrogen (secondary N) is 2. The number of hydrogen-bond acceptors (Lipinski definition) is 2. The average molecular weight is 359 g/mol. The van der Waals surface area contributed by atoms with E-state index in [2.05, 4.69) is 31.6 Å². The van der Waals surface area contributed by atoms with E-state index < -0.39 is 0 Å². The topological polar surface area (TPSA) is 56.7 Å². The second kappa shape index (κ2) is 8.61. The molecule has 2 N–H and O–H groups in total. The zero-order valence-electron chi connectivity index (χ0n) is 12.4. The number of benzene rings is 1. The zero-order valence-corrected chi connectivity index (χ0v) is 14.0. The smallest absolute Gasteiger partial charge is 0.241 e. The Bertz CT molecular complexity index is 520. The fourth-order valence-corrected chi connectivity index (χ4v) is 1.86. The minimum atomic E-state index is -0.302. The lowest BCUT2D eigenvalue weighted by atomic mass is 10.2. The van der Waals surface area contributed by atoms with Crippen molar-refractivity contribution in [3.63, 3.8) is 0 Å². The maximum Gasteiger partial charge on any atom is 0.241 e. The van der Waals surface area contributed by atoms with E-state index in [0.717, 1.165) is 10.0 Å². The molecule has 0 spiro atoms. The van der Waals surface area contributed by atoms with E-state index in [1.54, 1.807) is 20.2 Å². The van der Waals surface area contributed by atoms with Crippen LogP contribution in [0.3, 0.4) is 0 Å². The summed E-state index contributed by atoms with van der Waals surface area (Å²) in [4.78, 5) is 17.4. The fraction of sp³-hybridized carbons (Fsp3) is 0.429. The molecule has 0 aliphatic rings. The minimum absolute atomic E-state index is 0.0486. The molecule has 1 aromatic rings. The Balaban J connectivity index is 2.71. The number of carbonyl (C=O) groups excluding carboxylic acids is 1. The molecule has 0 unspecified atom stereocenters. The van der Waals surface area contributed by atoms with Crippen LogP contribution >= 0.6 is 15.9 Å². The molecule has 0 aliphatic carbocycles. The number of hydrogen-bond donors (Lipinski definition) is 2. The van der Waals surface area contributed by atoms with Gasteiger partial charge >= 0.3 is 0 Å². The summed E-state index contributed by atoms with van der Waals surface area (Å²) in [6.45, 7) is 3.07. The summed E-state index contributed by atoms with van der Waals surface area (Å²) in [5.41, 5.74) is 0.742. The molecule has 0 heterocycles. The van der Waals surface area contributed by atoms with Crippen LogP contribution in [0.25, 0.3) is 0 Å². The molecule has 0 saturated carbocycles. The van der Waals surface area contributed by atoms with E-state index in [1.165, 1.54) is 17.0 Å². The van der Waals surface area contributed by atoms with Crippen molar-refractivity contribution >= 4 is 27.8 Å². The first-order valence-corrected chi connectivity index (χ1v) is 7.39. The number of rotatable bonds is 5. The molecule has 7 heteroatoms. The molecule has 1 rings (SSSR count). The lowest BCUT2D eigenvalue weighted by Crippen LogP contribution is -2.42. The quantitative estimate of drug-likeness (QED) is 0.622. The summed E-state index contributed by atoms with van der Waals surface area (Å²) in [6.07, 6.45) is 0. The summed E-state index contributed by atoms with van der Waals surface area (Å²) < 4.78 is 14.0.